The smallest absolute Gasteiger partial charge is 0.231 e. The highest BCUT2D eigenvalue weighted by Gasteiger charge is 2.14. The van der Waals surface area contributed by atoms with Crippen molar-refractivity contribution in [2.75, 3.05) is 42.3 Å². The molecule has 0 radical (unpaired) electrons. The molecule has 3 aromatic heterocycles. The Morgan fingerprint density at radius 2 is 1.86 bits per heavy atom. The fraction of sp³-hybridized carbons (Fsp3) is 0.211. The summed E-state index contributed by atoms with van der Waals surface area (Å²) < 4.78 is 7.32. The third-order valence-corrected chi connectivity index (χ3v) is 5.38. The van der Waals surface area contributed by atoms with Gasteiger partial charge in [-0.2, -0.15) is 21.3 Å². The third-order valence-electron chi connectivity index (χ3n) is 4.71. The van der Waals surface area contributed by atoms with Crippen molar-refractivity contribution in [3.63, 3.8) is 0 Å². The number of rotatable bonds is 4. The summed E-state index contributed by atoms with van der Waals surface area (Å²) >= 11 is 1.62. The van der Waals surface area contributed by atoms with Crippen LogP contribution in [0.5, 0.6) is 0 Å². The molecule has 0 aliphatic carbocycles. The molecular formula is C19H19N7OS. The zero-order valence-electron chi connectivity index (χ0n) is 15.1. The van der Waals surface area contributed by atoms with Crippen LogP contribution in [0.15, 0.2) is 47.4 Å². The fourth-order valence-electron chi connectivity index (χ4n) is 3.27. The van der Waals surface area contributed by atoms with E-state index in [9.17, 15) is 0 Å². The Hall–Kier alpha value is -3.17. The number of nitrogens with one attached hydrogen (secondary N) is 1. The van der Waals surface area contributed by atoms with Gasteiger partial charge in [0.05, 0.1) is 18.9 Å². The number of ether oxygens (including phenoxy) is 1. The summed E-state index contributed by atoms with van der Waals surface area (Å²) in [7, 11) is 0. The molecule has 8 nitrogen and oxygen atoms in total. The molecule has 0 unspecified atom stereocenters. The van der Waals surface area contributed by atoms with E-state index in [2.05, 4.69) is 37.3 Å². The van der Waals surface area contributed by atoms with E-state index >= 15 is 0 Å². The molecule has 0 spiro atoms. The van der Waals surface area contributed by atoms with Crippen molar-refractivity contribution >= 4 is 45.6 Å². The first-order chi connectivity index (χ1) is 13.8. The Morgan fingerprint density at radius 3 is 2.61 bits per heavy atom. The lowest BCUT2D eigenvalue weighted by atomic mass is 10.2. The van der Waals surface area contributed by atoms with Crippen molar-refractivity contribution in [2.45, 2.75) is 0 Å². The minimum absolute atomic E-state index is 0.353. The molecule has 5 rings (SSSR count). The first-order valence-corrected chi connectivity index (χ1v) is 9.95. The number of nitrogens with zero attached hydrogens (tertiary/aromatic N) is 5. The summed E-state index contributed by atoms with van der Waals surface area (Å²) in [5.41, 5.74) is 10.5. The Labute approximate surface area is 165 Å². The molecule has 3 N–H and O–H groups in total. The Bertz CT molecular complexity index is 1090. The molecule has 142 valence electrons. The van der Waals surface area contributed by atoms with Crippen molar-refractivity contribution in [2.24, 2.45) is 0 Å². The molecule has 4 heterocycles. The molecule has 1 aliphatic heterocycles. The van der Waals surface area contributed by atoms with Crippen LogP contribution in [0.25, 0.3) is 16.9 Å². The van der Waals surface area contributed by atoms with E-state index in [0.717, 1.165) is 37.7 Å². The topological polar surface area (TPSA) is 94.1 Å². The van der Waals surface area contributed by atoms with Gasteiger partial charge in [-0.15, -0.1) is 0 Å². The molecule has 0 saturated carbocycles. The molecule has 0 amide bonds. The number of hydrogen-bond acceptors (Lipinski definition) is 8. The first-order valence-electron chi connectivity index (χ1n) is 9.01. The highest BCUT2D eigenvalue weighted by Crippen LogP contribution is 2.25. The van der Waals surface area contributed by atoms with Crippen LogP contribution < -0.4 is 16.0 Å². The van der Waals surface area contributed by atoms with Gasteiger partial charge in [-0.05, 0) is 35.7 Å². The predicted molar refractivity (Wildman–Crippen MR) is 112 cm³/mol. The van der Waals surface area contributed by atoms with Crippen LogP contribution in [0.1, 0.15) is 0 Å². The first kappa shape index (κ1) is 17.0. The summed E-state index contributed by atoms with van der Waals surface area (Å²) in [4.78, 5) is 15.7. The largest absolute Gasteiger partial charge is 0.382 e. The number of thiophene rings is 1. The molecule has 1 saturated heterocycles. The lowest BCUT2D eigenvalue weighted by molar-refractivity contribution is 0.122. The van der Waals surface area contributed by atoms with Crippen molar-refractivity contribution in [1.82, 2.24) is 19.5 Å². The number of hydrogen-bond donors (Lipinski definition) is 2. The normalized spacial score (nSPS) is 14.5. The SMILES string of the molecule is Nc1nc(Nc2ccc(N3CCOCC3)cc2)nc2c1ncn2-c1ccsc1. The second-order valence-electron chi connectivity index (χ2n) is 6.47. The standard InChI is InChI=1S/C19H19N7OS/c20-17-16-18(26(12-21-16)15-5-10-28-11-15)24-19(23-17)22-13-1-3-14(4-2-13)25-6-8-27-9-7-25/h1-5,10-12H,6-9H2,(H3,20,22,23,24). The van der Waals surface area contributed by atoms with Crippen molar-refractivity contribution in [1.29, 1.82) is 0 Å². The third kappa shape index (κ3) is 3.14. The van der Waals surface area contributed by atoms with Gasteiger partial charge >= 0.3 is 0 Å². The maximum absolute atomic E-state index is 6.12. The van der Waals surface area contributed by atoms with Crippen LogP contribution in [0.3, 0.4) is 0 Å². The number of benzene rings is 1. The number of nitrogens with two attached hydrogens (primary N) is 1. The van der Waals surface area contributed by atoms with Crippen LogP contribution in [-0.4, -0.2) is 45.8 Å². The van der Waals surface area contributed by atoms with Crippen LogP contribution in [0, 0.1) is 0 Å². The molecule has 28 heavy (non-hydrogen) atoms. The van der Waals surface area contributed by atoms with Gasteiger partial charge < -0.3 is 20.7 Å². The van der Waals surface area contributed by atoms with Crippen LogP contribution in [0.2, 0.25) is 0 Å². The summed E-state index contributed by atoms with van der Waals surface area (Å²) in [5, 5.41) is 7.30. The second-order valence-corrected chi connectivity index (χ2v) is 7.25. The monoisotopic (exact) mass is 393 g/mol. The molecule has 1 aliphatic rings. The quantitative estimate of drug-likeness (QED) is 0.550. The molecule has 4 aromatic rings. The summed E-state index contributed by atoms with van der Waals surface area (Å²) in [6.07, 6.45) is 1.72. The predicted octanol–water partition coefficient (Wildman–Crippen LogP) is 3.04. The number of aromatic nitrogens is 4. The van der Waals surface area contributed by atoms with E-state index in [1.807, 2.05) is 33.5 Å². The minimum atomic E-state index is 0.353. The van der Waals surface area contributed by atoms with E-state index in [4.69, 9.17) is 10.5 Å². The molecule has 1 fully saturated rings. The van der Waals surface area contributed by atoms with Gasteiger partial charge in [-0.3, -0.25) is 4.57 Å². The summed E-state index contributed by atoms with van der Waals surface area (Å²) in [6.45, 7) is 3.36. The number of nitrogen functional groups attached to an aromatic ring is 1. The second kappa shape index (κ2) is 7.10. The fourth-order valence-corrected chi connectivity index (χ4v) is 3.90. The zero-order chi connectivity index (χ0) is 18.9. The Morgan fingerprint density at radius 1 is 1.04 bits per heavy atom. The number of anilines is 4. The van der Waals surface area contributed by atoms with Gasteiger partial charge in [-0.1, -0.05) is 0 Å². The van der Waals surface area contributed by atoms with Gasteiger partial charge in [0.25, 0.3) is 0 Å². The van der Waals surface area contributed by atoms with Crippen molar-refractivity contribution in [3.05, 3.63) is 47.4 Å². The van der Waals surface area contributed by atoms with Gasteiger partial charge in [0.15, 0.2) is 17.0 Å². The van der Waals surface area contributed by atoms with E-state index in [1.54, 1.807) is 17.7 Å². The van der Waals surface area contributed by atoms with E-state index in [0.29, 0.717) is 22.9 Å². The highest BCUT2D eigenvalue weighted by molar-refractivity contribution is 7.08. The zero-order valence-corrected chi connectivity index (χ0v) is 15.9. The van der Waals surface area contributed by atoms with Gasteiger partial charge in [-0.25, -0.2) is 4.98 Å². The van der Waals surface area contributed by atoms with Crippen LogP contribution >= 0.6 is 11.3 Å². The number of imidazole rings is 1. The summed E-state index contributed by atoms with van der Waals surface area (Å²) in [5.74, 6) is 0.799. The lowest BCUT2D eigenvalue weighted by Crippen LogP contribution is -2.36. The van der Waals surface area contributed by atoms with E-state index in [-0.39, 0.29) is 0 Å². The average molecular weight is 393 g/mol. The minimum Gasteiger partial charge on any atom is -0.382 e. The Kier molecular flexibility index (Phi) is 4.30. The van der Waals surface area contributed by atoms with Gasteiger partial charge in [0.1, 0.15) is 6.33 Å². The van der Waals surface area contributed by atoms with Crippen LogP contribution in [-0.2, 0) is 4.74 Å². The van der Waals surface area contributed by atoms with Crippen molar-refractivity contribution in [3.8, 4) is 5.69 Å². The summed E-state index contributed by atoms with van der Waals surface area (Å²) in [6, 6.07) is 10.2. The number of morpholine rings is 1. The maximum atomic E-state index is 6.12. The molecule has 9 heteroatoms. The maximum Gasteiger partial charge on any atom is 0.231 e. The molecular weight excluding hydrogens is 374 g/mol. The number of fused-ring (bicyclic) bond motifs is 1. The molecule has 0 bridgehead atoms. The van der Waals surface area contributed by atoms with Crippen molar-refractivity contribution < 1.29 is 4.74 Å². The Balaban J connectivity index is 1.42. The van der Waals surface area contributed by atoms with E-state index < -0.39 is 0 Å². The molecule has 1 aromatic carbocycles. The van der Waals surface area contributed by atoms with Crippen LogP contribution in [0.4, 0.5) is 23.1 Å². The van der Waals surface area contributed by atoms with Gasteiger partial charge in [0, 0.05) is 29.8 Å². The highest BCUT2D eigenvalue weighted by atomic mass is 32.1. The van der Waals surface area contributed by atoms with Gasteiger partial charge in [0.2, 0.25) is 5.95 Å². The molecule has 0 atom stereocenters. The lowest BCUT2D eigenvalue weighted by Gasteiger charge is -2.28. The van der Waals surface area contributed by atoms with E-state index in [1.165, 1.54) is 5.69 Å². The average Bonchev–Trinajstić information content (AvgIpc) is 3.39.